The van der Waals surface area contributed by atoms with E-state index < -0.39 is 0 Å². The van der Waals surface area contributed by atoms with E-state index in [0.29, 0.717) is 5.41 Å². The van der Waals surface area contributed by atoms with Crippen molar-refractivity contribution in [2.24, 2.45) is 11.3 Å². The smallest absolute Gasteiger partial charge is 0.0331 e. The Morgan fingerprint density at radius 2 is 1.40 bits per heavy atom. The molecule has 0 radical (unpaired) electrons. The van der Waals surface area contributed by atoms with Gasteiger partial charge in [0, 0.05) is 0 Å². The standard InChI is InChI=1S/C15H32/c1-6-8-9-10-11-12-13-14(3)15(4,5)7-2/h14H,6-13H2,1-5H3. The first-order chi connectivity index (χ1) is 7.04. The number of unbranched alkanes of at least 4 members (excludes halogenated alkanes) is 5. The Balaban J connectivity index is 3.43. The lowest BCUT2D eigenvalue weighted by molar-refractivity contribution is 0.204. The van der Waals surface area contributed by atoms with Crippen LogP contribution in [0.5, 0.6) is 0 Å². The minimum atomic E-state index is 0.545. The summed E-state index contributed by atoms with van der Waals surface area (Å²) in [5, 5.41) is 0. The maximum atomic E-state index is 2.43. The van der Waals surface area contributed by atoms with Gasteiger partial charge in [-0.15, -0.1) is 0 Å². The van der Waals surface area contributed by atoms with Gasteiger partial charge in [-0.3, -0.25) is 0 Å². The Hall–Kier alpha value is 0. The van der Waals surface area contributed by atoms with Crippen LogP contribution in [0.15, 0.2) is 0 Å². The van der Waals surface area contributed by atoms with Crippen molar-refractivity contribution in [1.29, 1.82) is 0 Å². The maximum absolute atomic E-state index is 2.43. The lowest BCUT2D eigenvalue weighted by atomic mass is 9.75. The van der Waals surface area contributed by atoms with Crippen molar-refractivity contribution < 1.29 is 0 Å². The fourth-order valence-corrected chi connectivity index (χ4v) is 1.97. The zero-order valence-electron chi connectivity index (χ0n) is 11.7. The third-order valence-corrected chi connectivity index (χ3v) is 4.24. The van der Waals surface area contributed by atoms with Crippen LogP contribution in [0.3, 0.4) is 0 Å². The summed E-state index contributed by atoms with van der Waals surface area (Å²) in [7, 11) is 0. The van der Waals surface area contributed by atoms with Gasteiger partial charge in [-0.1, -0.05) is 86.0 Å². The molecule has 0 heteroatoms. The molecule has 0 heterocycles. The highest BCUT2D eigenvalue weighted by Gasteiger charge is 2.22. The van der Waals surface area contributed by atoms with Crippen LogP contribution in [0.1, 0.15) is 86.0 Å². The Morgan fingerprint density at radius 3 is 1.93 bits per heavy atom. The van der Waals surface area contributed by atoms with Crippen LogP contribution in [-0.2, 0) is 0 Å². The second-order valence-corrected chi connectivity index (χ2v) is 5.80. The van der Waals surface area contributed by atoms with Crippen LogP contribution < -0.4 is 0 Å². The topological polar surface area (TPSA) is 0 Å². The van der Waals surface area contributed by atoms with Crippen LogP contribution in [0, 0.1) is 11.3 Å². The summed E-state index contributed by atoms with van der Waals surface area (Å²) in [6, 6.07) is 0. The van der Waals surface area contributed by atoms with Crippen LogP contribution in [0.2, 0.25) is 0 Å². The Labute approximate surface area is 97.8 Å². The van der Waals surface area contributed by atoms with Gasteiger partial charge in [-0.2, -0.15) is 0 Å². The average Bonchev–Trinajstić information content (AvgIpc) is 2.22. The first-order valence-corrected chi connectivity index (χ1v) is 7.04. The molecule has 0 aliphatic carbocycles. The molecular formula is C15H32. The van der Waals surface area contributed by atoms with Crippen LogP contribution in [-0.4, -0.2) is 0 Å². The Bertz CT molecular complexity index is 135. The van der Waals surface area contributed by atoms with Gasteiger partial charge in [0.25, 0.3) is 0 Å². The molecule has 1 unspecified atom stereocenters. The second-order valence-electron chi connectivity index (χ2n) is 5.80. The number of rotatable bonds is 9. The maximum Gasteiger partial charge on any atom is -0.0331 e. The predicted octanol–water partition coefficient (Wildman–Crippen LogP) is 5.81. The summed E-state index contributed by atoms with van der Waals surface area (Å²) in [5.41, 5.74) is 0.545. The highest BCUT2D eigenvalue weighted by atomic mass is 14.3. The Morgan fingerprint density at radius 1 is 0.867 bits per heavy atom. The lowest BCUT2D eigenvalue weighted by Gasteiger charge is -2.30. The number of hydrogen-bond acceptors (Lipinski definition) is 0. The van der Waals surface area contributed by atoms with E-state index in [4.69, 9.17) is 0 Å². The lowest BCUT2D eigenvalue weighted by Crippen LogP contribution is -2.20. The molecule has 0 nitrogen and oxygen atoms in total. The average molecular weight is 212 g/mol. The van der Waals surface area contributed by atoms with E-state index in [0.717, 1.165) is 5.92 Å². The molecule has 1 atom stereocenters. The molecule has 0 aromatic carbocycles. The van der Waals surface area contributed by atoms with Crippen molar-refractivity contribution in [2.45, 2.75) is 86.0 Å². The predicted molar refractivity (Wildman–Crippen MR) is 71.2 cm³/mol. The quantitative estimate of drug-likeness (QED) is 0.423. The van der Waals surface area contributed by atoms with E-state index >= 15 is 0 Å². The van der Waals surface area contributed by atoms with Gasteiger partial charge >= 0.3 is 0 Å². The van der Waals surface area contributed by atoms with Gasteiger partial charge < -0.3 is 0 Å². The largest absolute Gasteiger partial charge is 0.0654 e. The van der Waals surface area contributed by atoms with Crippen molar-refractivity contribution in [3.8, 4) is 0 Å². The van der Waals surface area contributed by atoms with Gasteiger partial charge in [0.15, 0.2) is 0 Å². The van der Waals surface area contributed by atoms with E-state index in [9.17, 15) is 0 Å². The molecule has 0 saturated heterocycles. The van der Waals surface area contributed by atoms with Crippen molar-refractivity contribution in [3.63, 3.8) is 0 Å². The normalized spacial score (nSPS) is 14.2. The molecule has 0 aromatic heterocycles. The third kappa shape index (κ3) is 6.98. The molecule has 0 aliphatic rings. The zero-order valence-corrected chi connectivity index (χ0v) is 11.7. The molecule has 0 bridgehead atoms. The van der Waals surface area contributed by atoms with Crippen LogP contribution >= 0.6 is 0 Å². The minimum Gasteiger partial charge on any atom is -0.0654 e. The van der Waals surface area contributed by atoms with E-state index in [1.165, 1.54) is 51.4 Å². The van der Waals surface area contributed by atoms with Crippen molar-refractivity contribution in [3.05, 3.63) is 0 Å². The highest BCUT2D eigenvalue weighted by Crippen LogP contribution is 2.33. The Kier molecular flexibility index (Phi) is 8.19. The molecule has 0 amide bonds. The molecule has 0 N–H and O–H groups in total. The van der Waals surface area contributed by atoms with E-state index in [2.05, 4.69) is 34.6 Å². The van der Waals surface area contributed by atoms with Gasteiger partial charge in [-0.05, 0) is 11.3 Å². The van der Waals surface area contributed by atoms with Crippen LogP contribution in [0.4, 0.5) is 0 Å². The van der Waals surface area contributed by atoms with Crippen molar-refractivity contribution in [2.75, 3.05) is 0 Å². The summed E-state index contributed by atoms with van der Waals surface area (Å²) >= 11 is 0. The summed E-state index contributed by atoms with van der Waals surface area (Å²) in [6.45, 7) is 11.8. The summed E-state index contributed by atoms with van der Waals surface area (Å²) in [4.78, 5) is 0. The molecule has 0 saturated carbocycles. The van der Waals surface area contributed by atoms with Gasteiger partial charge in [-0.25, -0.2) is 0 Å². The highest BCUT2D eigenvalue weighted by molar-refractivity contribution is 4.73. The number of hydrogen-bond donors (Lipinski definition) is 0. The zero-order chi connectivity index (χ0) is 11.7. The second kappa shape index (κ2) is 8.19. The summed E-state index contributed by atoms with van der Waals surface area (Å²) in [5.74, 6) is 0.883. The summed E-state index contributed by atoms with van der Waals surface area (Å²) in [6.07, 6.45) is 11.3. The van der Waals surface area contributed by atoms with Gasteiger partial charge in [0.2, 0.25) is 0 Å². The molecule has 0 rings (SSSR count). The third-order valence-electron chi connectivity index (χ3n) is 4.24. The molecule has 0 aromatic rings. The SMILES string of the molecule is CCCCCCCCC(C)C(C)(C)CC. The van der Waals surface area contributed by atoms with Crippen molar-refractivity contribution in [1.82, 2.24) is 0 Å². The molecule has 0 aliphatic heterocycles. The van der Waals surface area contributed by atoms with Crippen molar-refractivity contribution >= 4 is 0 Å². The fraction of sp³-hybridized carbons (Fsp3) is 1.00. The molecule has 0 fully saturated rings. The fourth-order valence-electron chi connectivity index (χ4n) is 1.97. The van der Waals surface area contributed by atoms with Gasteiger partial charge in [0.05, 0.1) is 0 Å². The monoisotopic (exact) mass is 212 g/mol. The molecular weight excluding hydrogens is 180 g/mol. The van der Waals surface area contributed by atoms with E-state index in [1.54, 1.807) is 0 Å². The van der Waals surface area contributed by atoms with Crippen LogP contribution in [0.25, 0.3) is 0 Å². The minimum absolute atomic E-state index is 0.545. The molecule has 92 valence electrons. The first kappa shape index (κ1) is 15.0. The van der Waals surface area contributed by atoms with Gasteiger partial charge in [0.1, 0.15) is 0 Å². The summed E-state index contributed by atoms with van der Waals surface area (Å²) < 4.78 is 0. The first-order valence-electron chi connectivity index (χ1n) is 7.04. The molecule has 15 heavy (non-hydrogen) atoms. The molecule has 0 spiro atoms. The van der Waals surface area contributed by atoms with E-state index in [1.807, 2.05) is 0 Å². The van der Waals surface area contributed by atoms with E-state index in [-0.39, 0.29) is 0 Å².